The fraction of sp³-hybridized carbons (Fsp3) is 0.350. The van der Waals surface area contributed by atoms with Gasteiger partial charge in [0.15, 0.2) is 0 Å². The van der Waals surface area contributed by atoms with Gasteiger partial charge in [-0.25, -0.2) is 0 Å². The number of para-hydroxylation sites is 1. The van der Waals surface area contributed by atoms with Crippen LogP contribution in [-0.2, 0) is 15.3 Å². The molecule has 1 aliphatic heterocycles. The molecule has 2 aromatic rings. The molecule has 0 bridgehead atoms. The van der Waals surface area contributed by atoms with Gasteiger partial charge < -0.3 is 35.2 Å². The van der Waals surface area contributed by atoms with Gasteiger partial charge in [-0.3, -0.25) is 4.79 Å². The van der Waals surface area contributed by atoms with Crippen molar-refractivity contribution in [2.75, 3.05) is 6.61 Å². The minimum Gasteiger partial charge on any atom is -0.455 e. The molecule has 162 valence electrons. The van der Waals surface area contributed by atoms with Crippen molar-refractivity contribution in [1.82, 2.24) is 5.32 Å². The Labute approximate surface area is 184 Å². The number of aliphatic hydroxyl groups excluding tert-OH is 3. The van der Waals surface area contributed by atoms with E-state index < -0.39 is 42.7 Å². The summed E-state index contributed by atoms with van der Waals surface area (Å²) in [6, 6.07) is 10.2. The van der Waals surface area contributed by atoms with Crippen molar-refractivity contribution in [2.24, 2.45) is 0 Å². The third kappa shape index (κ3) is 4.30. The van der Waals surface area contributed by atoms with E-state index in [4.69, 9.17) is 9.47 Å². The quantitative estimate of drug-likeness (QED) is 0.334. The fourth-order valence-corrected chi connectivity index (χ4v) is 3.92. The zero-order chi connectivity index (χ0) is 22.1. The number of carbonyl (C=O) groups excluding carboxylic acids is 1. The molecule has 1 heterocycles. The number of hydrogen-bond acceptors (Lipinski definition) is 9. The summed E-state index contributed by atoms with van der Waals surface area (Å²) in [4.78, 5) is 12.4. The zero-order valence-electron chi connectivity index (χ0n) is 16.0. The topological polar surface area (TPSA) is 128 Å². The molecule has 1 saturated heterocycles. The van der Waals surface area contributed by atoms with Crippen LogP contribution in [0.25, 0.3) is 0 Å². The molecule has 5 N–H and O–H groups in total. The predicted octanol–water partition coefficient (Wildman–Crippen LogP) is 0.819. The molecule has 0 aromatic heterocycles. The highest BCUT2D eigenvalue weighted by Crippen LogP contribution is 2.43. The second-order valence-corrected chi connectivity index (χ2v) is 7.85. The SMILES string of the molecule is CC(=O)N[C@@H]1[C@@H](O)[C@H](O)[C@@H](CO)OC1(O)c1cccc(Oc2ccccc2S)c1S. The van der Waals surface area contributed by atoms with Gasteiger partial charge in [0.25, 0.3) is 0 Å². The van der Waals surface area contributed by atoms with E-state index in [1.165, 1.54) is 13.0 Å². The third-order valence-corrected chi connectivity index (χ3v) is 5.66. The smallest absolute Gasteiger partial charge is 0.217 e. The Kier molecular flexibility index (Phi) is 6.98. The number of carbonyl (C=O) groups is 1. The van der Waals surface area contributed by atoms with Crippen molar-refractivity contribution >= 4 is 31.2 Å². The lowest BCUT2D eigenvalue weighted by Crippen LogP contribution is -2.68. The van der Waals surface area contributed by atoms with E-state index in [2.05, 4.69) is 30.6 Å². The van der Waals surface area contributed by atoms with Gasteiger partial charge in [0.05, 0.1) is 11.5 Å². The molecule has 0 radical (unpaired) electrons. The van der Waals surface area contributed by atoms with Crippen molar-refractivity contribution in [2.45, 2.75) is 46.9 Å². The zero-order valence-corrected chi connectivity index (χ0v) is 17.8. The summed E-state index contributed by atoms with van der Waals surface area (Å²) in [7, 11) is 0. The Balaban J connectivity index is 2.06. The van der Waals surface area contributed by atoms with Gasteiger partial charge in [-0.15, -0.1) is 25.3 Å². The van der Waals surface area contributed by atoms with Crippen LogP contribution >= 0.6 is 25.3 Å². The molecule has 5 atom stereocenters. The van der Waals surface area contributed by atoms with Crippen LogP contribution in [0.2, 0.25) is 0 Å². The number of rotatable bonds is 5. The Morgan fingerprint density at radius 3 is 2.43 bits per heavy atom. The maximum absolute atomic E-state index is 11.7. The van der Waals surface area contributed by atoms with E-state index in [1.54, 1.807) is 36.4 Å². The van der Waals surface area contributed by atoms with Crippen LogP contribution in [0.3, 0.4) is 0 Å². The summed E-state index contributed by atoms with van der Waals surface area (Å²) in [6.07, 6.45) is -4.46. The van der Waals surface area contributed by atoms with Crippen LogP contribution in [0, 0.1) is 0 Å². The van der Waals surface area contributed by atoms with Crippen LogP contribution in [0.4, 0.5) is 0 Å². The predicted molar refractivity (Wildman–Crippen MR) is 113 cm³/mol. The minimum absolute atomic E-state index is 0.0723. The van der Waals surface area contributed by atoms with E-state index in [9.17, 15) is 25.2 Å². The standard InChI is InChI=1S/C20H23NO7S2/c1-10(23)21-19-17(25)16(24)14(9-22)28-20(19,26)11-5-4-7-13(18(11)30)27-12-6-2-3-8-15(12)29/h2-8,14,16-17,19,22,24-26,29-30H,9H2,1H3,(H,21,23)/t14-,16-,17+,19-,20?/m1/s1. The van der Waals surface area contributed by atoms with Crippen molar-refractivity contribution in [3.8, 4) is 11.5 Å². The molecule has 1 amide bonds. The first kappa shape index (κ1) is 22.9. The highest BCUT2D eigenvalue weighted by Gasteiger charge is 2.55. The van der Waals surface area contributed by atoms with E-state index in [1.807, 2.05) is 0 Å². The summed E-state index contributed by atoms with van der Waals surface area (Å²) < 4.78 is 11.4. The normalized spacial score (nSPS) is 28.8. The summed E-state index contributed by atoms with van der Waals surface area (Å²) in [6.45, 7) is 0.529. The number of ether oxygens (including phenoxy) is 2. The van der Waals surface area contributed by atoms with Crippen molar-refractivity contribution < 1.29 is 34.7 Å². The van der Waals surface area contributed by atoms with Crippen LogP contribution in [-0.4, -0.2) is 57.3 Å². The monoisotopic (exact) mass is 453 g/mol. The van der Waals surface area contributed by atoms with Crippen LogP contribution in [0.1, 0.15) is 12.5 Å². The maximum Gasteiger partial charge on any atom is 0.217 e. The molecule has 3 rings (SSSR count). The lowest BCUT2D eigenvalue weighted by atomic mass is 9.85. The number of benzene rings is 2. The molecule has 1 unspecified atom stereocenters. The van der Waals surface area contributed by atoms with E-state index >= 15 is 0 Å². The average molecular weight is 454 g/mol. The third-order valence-electron chi connectivity index (χ3n) is 4.83. The van der Waals surface area contributed by atoms with E-state index in [-0.39, 0.29) is 16.2 Å². The first-order chi connectivity index (χ1) is 14.2. The fourth-order valence-electron chi connectivity index (χ4n) is 3.36. The molecule has 1 aliphatic rings. The second-order valence-electron chi connectivity index (χ2n) is 6.92. The average Bonchev–Trinajstić information content (AvgIpc) is 2.71. The Hall–Kier alpha value is -1.79. The van der Waals surface area contributed by atoms with Crippen molar-refractivity contribution in [3.05, 3.63) is 48.0 Å². The van der Waals surface area contributed by atoms with Crippen LogP contribution in [0.5, 0.6) is 11.5 Å². The van der Waals surface area contributed by atoms with E-state index in [0.717, 1.165) is 0 Å². The molecule has 10 heteroatoms. The molecule has 2 aromatic carbocycles. The largest absolute Gasteiger partial charge is 0.455 e. The molecular weight excluding hydrogens is 430 g/mol. The Bertz CT molecular complexity index is 928. The highest BCUT2D eigenvalue weighted by atomic mass is 32.1. The Morgan fingerprint density at radius 1 is 1.13 bits per heavy atom. The number of aliphatic hydroxyl groups is 4. The minimum atomic E-state index is -2.31. The van der Waals surface area contributed by atoms with Gasteiger partial charge in [0.1, 0.15) is 35.9 Å². The van der Waals surface area contributed by atoms with Crippen LogP contribution < -0.4 is 10.1 Å². The summed E-state index contributed by atoms with van der Waals surface area (Å²) in [5.41, 5.74) is 0.0723. The van der Waals surface area contributed by atoms with Crippen LogP contribution in [0.15, 0.2) is 52.3 Å². The summed E-state index contributed by atoms with van der Waals surface area (Å²) >= 11 is 8.82. The maximum atomic E-state index is 11.7. The Morgan fingerprint density at radius 2 is 1.80 bits per heavy atom. The van der Waals surface area contributed by atoms with E-state index in [0.29, 0.717) is 10.6 Å². The molecule has 8 nitrogen and oxygen atoms in total. The highest BCUT2D eigenvalue weighted by molar-refractivity contribution is 7.80. The molecular formula is C20H23NO7S2. The number of amides is 1. The van der Waals surface area contributed by atoms with Gasteiger partial charge >= 0.3 is 0 Å². The molecule has 30 heavy (non-hydrogen) atoms. The lowest BCUT2D eigenvalue weighted by molar-refractivity contribution is -0.327. The van der Waals surface area contributed by atoms with Gasteiger partial charge in [-0.1, -0.05) is 24.3 Å². The van der Waals surface area contributed by atoms with Crippen molar-refractivity contribution in [3.63, 3.8) is 0 Å². The first-order valence-corrected chi connectivity index (χ1v) is 10.0. The number of thiol groups is 2. The molecule has 0 aliphatic carbocycles. The summed E-state index contributed by atoms with van der Waals surface area (Å²) in [5.74, 6) is -2.16. The number of nitrogens with one attached hydrogen (secondary N) is 1. The lowest BCUT2D eigenvalue weighted by Gasteiger charge is -2.48. The van der Waals surface area contributed by atoms with Gasteiger partial charge in [-0.05, 0) is 18.2 Å². The number of hydrogen-bond donors (Lipinski definition) is 7. The van der Waals surface area contributed by atoms with Gasteiger partial charge in [0.2, 0.25) is 11.7 Å². The molecule has 1 fully saturated rings. The molecule has 0 saturated carbocycles. The van der Waals surface area contributed by atoms with Crippen molar-refractivity contribution in [1.29, 1.82) is 0 Å². The van der Waals surface area contributed by atoms with Gasteiger partial charge in [0, 0.05) is 17.4 Å². The first-order valence-electron chi connectivity index (χ1n) is 9.11. The second kappa shape index (κ2) is 9.15. The summed E-state index contributed by atoms with van der Waals surface area (Å²) in [5, 5.41) is 44.1. The van der Waals surface area contributed by atoms with Gasteiger partial charge in [-0.2, -0.15) is 0 Å². The molecule has 0 spiro atoms.